The molecule has 2 rings (SSSR count). The zero-order valence-electron chi connectivity index (χ0n) is 15.6. The van der Waals surface area contributed by atoms with E-state index in [1.165, 1.54) is 0 Å². The van der Waals surface area contributed by atoms with Gasteiger partial charge >= 0.3 is 0 Å². The maximum Gasteiger partial charge on any atom is 0.118 e. The van der Waals surface area contributed by atoms with Crippen LogP contribution in [0.5, 0.6) is 5.75 Å². The van der Waals surface area contributed by atoms with Crippen LogP contribution in [-0.2, 0) is 22.7 Å². The molecule has 2 aromatic carbocycles. The number of ether oxygens (including phenoxy) is 3. The van der Waals surface area contributed by atoms with E-state index in [4.69, 9.17) is 14.2 Å². The summed E-state index contributed by atoms with van der Waals surface area (Å²) < 4.78 is 16.7. The second-order valence-electron chi connectivity index (χ2n) is 6.38. The Morgan fingerprint density at radius 2 is 1.65 bits per heavy atom. The Labute approximate surface area is 156 Å². The maximum absolute atomic E-state index is 10.2. The molecule has 0 fully saturated rings. The highest BCUT2D eigenvalue weighted by atomic mass is 16.5. The third-order valence-corrected chi connectivity index (χ3v) is 4.07. The lowest BCUT2D eigenvalue weighted by atomic mass is 10.1. The lowest BCUT2D eigenvalue weighted by molar-refractivity contribution is -0.0161. The minimum Gasteiger partial charge on any atom is -0.497 e. The monoisotopic (exact) mass is 356 g/mol. The number of benzene rings is 2. The van der Waals surface area contributed by atoms with Gasteiger partial charge in [0.15, 0.2) is 0 Å². The van der Waals surface area contributed by atoms with Gasteiger partial charge in [-0.05, 0) is 30.2 Å². The predicted molar refractivity (Wildman–Crippen MR) is 103 cm³/mol. The first-order chi connectivity index (χ1) is 12.6. The number of methoxy groups -OCH3 is 1. The third-order valence-electron chi connectivity index (χ3n) is 4.07. The standard InChI is InChI=1S/C22H28O4/c1-17(2)22(26-15-19-9-11-21(24-3)12-10-19)13-20(23)16-25-14-18-7-5-4-6-8-18/h4-12,20,22-23H,1,13-16H2,2-3H3/t20-,22+/m1/s1. The van der Waals surface area contributed by atoms with Crippen molar-refractivity contribution in [3.63, 3.8) is 0 Å². The van der Waals surface area contributed by atoms with Crippen molar-refractivity contribution in [1.82, 2.24) is 0 Å². The molecule has 0 spiro atoms. The molecule has 2 aromatic rings. The SMILES string of the molecule is C=C(C)[C@H](C[C@@H](O)COCc1ccccc1)OCc1ccc(OC)cc1. The van der Waals surface area contributed by atoms with E-state index in [0.717, 1.165) is 22.4 Å². The van der Waals surface area contributed by atoms with Crippen LogP contribution < -0.4 is 4.74 Å². The van der Waals surface area contributed by atoms with Crippen LogP contribution in [0.2, 0.25) is 0 Å². The summed E-state index contributed by atoms with van der Waals surface area (Å²) in [5, 5.41) is 10.2. The molecule has 0 aliphatic carbocycles. The zero-order valence-corrected chi connectivity index (χ0v) is 15.6. The Hall–Kier alpha value is -2.14. The molecule has 0 heterocycles. The largest absolute Gasteiger partial charge is 0.497 e. The molecule has 0 unspecified atom stereocenters. The van der Waals surface area contributed by atoms with Gasteiger partial charge in [0.1, 0.15) is 5.75 Å². The number of aliphatic hydroxyl groups is 1. The number of hydrogen-bond acceptors (Lipinski definition) is 4. The highest BCUT2D eigenvalue weighted by molar-refractivity contribution is 5.26. The lowest BCUT2D eigenvalue weighted by Crippen LogP contribution is -2.25. The van der Waals surface area contributed by atoms with Gasteiger partial charge in [0.25, 0.3) is 0 Å². The van der Waals surface area contributed by atoms with Gasteiger partial charge in [0.05, 0.1) is 39.1 Å². The number of rotatable bonds is 11. The molecule has 26 heavy (non-hydrogen) atoms. The smallest absolute Gasteiger partial charge is 0.118 e. The molecular formula is C22H28O4. The van der Waals surface area contributed by atoms with E-state index in [1.54, 1.807) is 7.11 Å². The van der Waals surface area contributed by atoms with Crippen molar-refractivity contribution in [3.05, 3.63) is 77.9 Å². The quantitative estimate of drug-likeness (QED) is 0.615. The summed E-state index contributed by atoms with van der Waals surface area (Å²) in [7, 11) is 1.64. The summed E-state index contributed by atoms with van der Waals surface area (Å²) >= 11 is 0. The molecule has 4 nitrogen and oxygen atoms in total. The molecule has 0 bridgehead atoms. The summed E-state index contributed by atoms with van der Waals surface area (Å²) in [5.41, 5.74) is 3.03. The van der Waals surface area contributed by atoms with E-state index in [2.05, 4.69) is 6.58 Å². The van der Waals surface area contributed by atoms with Gasteiger partial charge < -0.3 is 19.3 Å². The number of aliphatic hydroxyl groups excluding tert-OH is 1. The van der Waals surface area contributed by atoms with Crippen molar-refractivity contribution in [1.29, 1.82) is 0 Å². The minimum absolute atomic E-state index is 0.215. The summed E-state index contributed by atoms with van der Waals surface area (Å²) in [6, 6.07) is 17.7. The molecular weight excluding hydrogens is 328 g/mol. The molecule has 2 atom stereocenters. The molecule has 0 amide bonds. The van der Waals surface area contributed by atoms with E-state index in [0.29, 0.717) is 19.6 Å². The van der Waals surface area contributed by atoms with Gasteiger partial charge in [-0.15, -0.1) is 0 Å². The summed E-state index contributed by atoms with van der Waals surface area (Å²) in [4.78, 5) is 0. The lowest BCUT2D eigenvalue weighted by Gasteiger charge is -2.21. The van der Waals surface area contributed by atoms with Crippen LogP contribution in [0.25, 0.3) is 0 Å². The summed E-state index contributed by atoms with van der Waals surface area (Å²) in [6.45, 7) is 7.11. The topological polar surface area (TPSA) is 47.9 Å². The van der Waals surface area contributed by atoms with Gasteiger partial charge in [0, 0.05) is 6.42 Å². The average molecular weight is 356 g/mol. The van der Waals surface area contributed by atoms with Gasteiger partial charge in [0.2, 0.25) is 0 Å². The second kappa shape index (κ2) is 10.8. The fourth-order valence-corrected chi connectivity index (χ4v) is 2.53. The van der Waals surface area contributed by atoms with Crippen molar-refractivity contribution in [2.75, 3.05) is 13.7 Å². The molecule has 0 radical (unpaired) electrons. The van der Waals surface area contributed by atoms with Gasteiger partial charge in [-0.25, -0.2) is 0 Å². The molecule has 0 aliphatic rings. The van der Waals surface area contributed by atoms with Crippen LogP contribution in [0.3, 0.4) is 0 Å². The van der Waals surface area contributed by atoms with Crippen molar-refractivity contribution in [2.24, 2.45) is 0 Å². The Balaban J connectivity index is 1.76. The summed E-state index contributed by atoms with van der Waals surface area (Å²) in [5.74, 6) is 0.816. The van der Waals surface area contributed by atoms with Gasteiger partial charge in [-0.2, -0.15) is 0 Å². The molecule has 4 heteroatoms. The Bertz CT molecular complexity index is 652. The molecule has 0 aromatic heterocycles. The zero-order chi connectivity index (χ0) is 18.8. The van der Waals surface area contributed by atoms with Crippen LogP contribution in [-0.4, -0.2) is 31.0 Å². The second-order valence-corrected chi connectivity index (χ2v) is 6.38. The third kappa shape index (κ3) is 7.00. The Morgan fingerprint density at radius 3 is 2.27 bits per heavy atom. The van der Waals surface area contributed by atoms with Crippen LogP contribution >= 0.6 is 0 Å². The van der Waals surface area contributed by atoms with Crippen LogP contribution in [0.1, 0.15) is 24.5 Å². The number of hydrogen-bond donors (Lipinski definition) is 1. The average Bonchev–Trinajstić information content (AvgIpc) is 2.66. The van der Waals surface area contributed by atoms with Crippen LogP contribution in [0, 0.1) is 0 Å². The van der Waals surface area contributed by atoms with Crippen LogP contribution in [0.4, 0.5) is 0 Å². The highest BCUT2D eigenvalue weighted by Crippen LogP contribution is 2.17. The molecule has 0 aliphatic heterocycles. The first-order valence-electron chi connectivity index (χ1n) is 8.78. The maximum atomic E-state index is 10.2. The molecule has 1 N–H and O–H groups in total. The molecule has 140 valence electrons. The summed E-state index contributed by atoms with van der Waals surface area (Å²) in [6.07, 6.45) is -0.357. The Kier molecular flexibility index (Phi) is 8.35. The van der Waals surface area contributed by atoms with Crippen molar-refractivity contribution < 1.29 is 19.3 Å². The van der Waals surface area contributed by atoms with E-state index in [9.17, 15) is 5.11 Å². The van der Waals surface area contributed by atoms with Crippen molar-refractivity contribution in [3.8, 4) is 5.75 Å². The first-order valence-corrected chi connectivity index (χ1v) is 8.78. The van der Waals surface area contributed by atoms with Gasteiger partial charge in [-0.3, -0.25) is 0 Å². The fourth-order valence-electron chi connectivity index (χ4n) is 2.53. The highest BCUT2D eigenvalue weighted by Gasteiger charge is 2.16. The normalized spacial score (nSPS) is 13.2. The molecule has 0 saturated heterocycles. The van der Waals surface area contributed by atoms with E-state index in [-0.39, 0.29) is 12.7 Å². The van der Waals surface area contributed by atoms with Gasteiger partial charge in [-0.1, -0.05) is 54.6 Å². The molecule has 0 saturated carbocycles. The van der Waals surface area contributed by atoms with Crippen molar-refractivity contribution >= 4 is 0 Å². The van der Waals surface area contributed by atoms with E-state index in [1.807, 2.05) is 61.5 Å². The van der Waals surface area contributed by atoms with E-state index < -0.39 is 6.10 Å². The predicted octanol–water partition coefficient (Wildman–Crippen LogP) is 4.12. The fraction of sp³-hybridized carbons (Fsp3) is 0.364. The van der Waals surface area contributed by atoms with Crippen LogP contribution in [0.15, 0.2) is 66.7 Å². The Morgan fingerprint density at radius 1 is 1.00 bits per heavy atom. The van der Waals surface area contributed by atoms with Crippen molar-refractivity contribution in [2.45, 2.75) is 38.8 Å². The minimum atomic E-state index is -0.601. The van der Waals surface area contributed by atoms with E-state index >= 15 is 0 Å². The first kappa shape index (κ1) is 20.2.